The van der Waals surface area contributed by atoms with Gasteiger partial charge in [-0.3, -0.25) is 4.90 Å². The van der Waals surface area contributed by atoms with Gasteiger partial charge in [0.2, 0.25) is 0 Å². The van der Waals surface area contributed by atoms with Crippen molar-refractivity contribution in [2.75, 3.05) is 26.2 Å². The molecule has 3 atom stereocenters. The van der Waals surface area contributed by atoms with Crippen molar-refractivity contribution in [3.63, 3.8) is 0 Å². The zero-order chi connectivity index (χ0) is 13.7. The second kappa shape index (κ2) is 7.01. The van der Waals surface area contributed by atoms with Gasteiger partial charge in [0.05, 0.1) is 12.7 Å². The van der Waals surface area contributed by atoms with Gasteiger partial charge in [-0.05, 0) is 19.0 Å². The van der Waals surface area contributed by atoms with Crippen LogP contribution < -0.4 is 5.32 Å². The van der Waals surface area contributed by atoms with E-state index < -0.39 is 6.10 Å². The van der Waals surface area contributed by atoms with Crippen molar-refractivity contribution in [2.45, 2.75) is 32.2 Å². The molecule has 1 aliphatic rings. The molecule has 4 heteroatoms. The van der Waals surface area contributed by atoms with Crippen LogP contribution in [0.4, 0.5) is 0 Å². The third-order valence-electron chi connectivity index (χ3n) is 3.76. The van der Waals surface area contributed by atoms with Crippen LogP contribution in [0.2, 0.25) is 0 Å². The van der Waals surface area contributed by atoms with Crippen LogP contribution in [-0.4, -0.2) is 48.5 Å². The third-order valence-corrected chi connectivity index (χ3v) is 3.76. The van der Waals surface area contributed by atoms with E-state index in [1.54, 1.807) is 0 Å². The van der Waals surface area contributed by atoms with E-state index in [1.165, 1.54) is 0 Å². The Morgan fingerprint density at radius 2 is 2.16 bits per heavy atom. The molecule has 3 unspecified atom stereocenters. The maximum atomic E-state index is 10.5. The molecule has 0 aromatic heterocycles. The van der Waals surface area contributed by atoms with Crippen LogP contribution in [0, 0.1) is 0 Å². The Balaban J connectivity index is 2.05. The molecule has 1 heterocycles. The molecule has 1 aliphatic heterocycles. The fourth-order valence-corrected chi connectivity index (χ4v) is 2.63. The van der Waals surface area contributed by atoms with Crippen LogP contribution in [-0.2, 0) is 4.74 Å². The summed E-state index contributed by atoms with van der Waals surface area (Å²) < 4.78 is 5.79. The Bertz CT molecular complexity index is 366. The first kappa shape index (κ1) is 14.5. The van der Waals surface area contributed by atoms with E-state index in [0.29, 0.717) is 0 Å². The standard InChI is InChI=1S/C15H24N2O2/c1-3-17(14-11-16-9-10-19-14)12(2)15(18)13-7-5-4-6-8-13/h4-8,12,14-16,18H,3,9-11H2,1-2H3. The summed E-state index contributed by atoms with van der Waals surface area (Å²) >= 11 is 0. The minimum atomic E-state index is -0.494. The first-order valence-corrected chi connectivity index (χ1v) is 7.05. The molecule has 4 nitrogen and oxygen atoms in total. The number of aliphatic hydroxyl groups is 1. The topological polar surface area (TPSA) is 44.7 Å². The van der Waals surface area contributed by atoms with Gasteiger partial charge in [-0.25, -0.2) is 0 Å². The number of nitrogens with one attached hydrogen (secondary N) is 1. The number of rotatable bonds is 5. The van der Waals surface area contributed by atoms with Gasteiger partial charge in [-0.2, -0.15) is 0 Å². The highest BCUT2D eigenvalue weighted by Crippen LogP contribution is 2.22. The zero-order valence-electron chi connectivity index (χ0n) is 11.7. The van der Waals surface area contributed by atoms with Gasteiger partial charge in [0.25, 0.3) is 0 Å². The molecule has 0 spiro atoms. The number of hydrogen-bond acceptors (Lipinski definition) is 4. The summed E-state index contributed by atoms with van der Waals surface area (Å²) in [5.41, 5.74) is 0.956. The Labute approximate surface area is 115 Å². The second-order valence-corrected chi connectivity index (χ2v) is 4.96. The van der Waals surface area contributed by atoms with Gasteiger partial charge in [-0.15, -0.1) is 0 Å². The monoisotopic (exact) mass is 264 g/mol. The molecule has 19 heavy (non-hydrogen) atoms. The third kappa shape index (κ3) is 3.54. The number of ether oxygens (including phenoxy) is 1. The van der Waals surface area contributed by atoms with Crippen LogP contribution in [0.1, 0.15) is 25.5 Å². The molecule has 0 radical (unpaired) electrons. The number of nitrogens with zero attached hydrogens (tertiary/aromatic N) is 1. The van der Waals surface area contributed by atoms with Crippen LogP contribution in [0.3, 0.4) is 0 Å². The average molecular weight is 264 g/mol. The average Bonchev–Trinajstić information content (AvgIpc) is 2.49. The van der Waals surface area contributed by atoms with Gasteiger partial charge < -0.3 is 15.2 Å². The van der Waals surface area contributed by atoms with Crippen molar-refractivity contribution >= 4 is 0 Å². The highest BCUT2D eigenvalue weighted by Gasteiger charge is 2.29. The predicted octanol–water partition coefficient (Wildman–Crippen LogP) is 1.38. The maximum Gasteiger partial charge on any atom is 0.123 e. The van der Waals surface area contributed by atoms with E-state index in [4.69, 9.17) is 4.74 Å². The van der Waals surface area contributed by atoms with Gasteiger partial charge in [0.15, 0.2) is 0 Å². The lowest BCUT2D eigenvalue weighted by Crippen LogP contribution is -2.53. The zero-order valence-corrected chi connectivity index (χ0v) is 11.7. The summed E-state index contributed by atoms with van der Waals surface area (Å²) in [7, 11) is 0. The molecule has 0 saturated carbocycles. The number of benzene rings is 1. The molecule has 106 valence electrons. The molecule has 2 N–H and O–H groups in total. The van der Waals surface area contributed by atoms with Crippen molar-refractivity contribution in [2.24, 2.45) is 0 Å². The van der Waals surface area contributed by atoms with Gasteiger partial charge in [-0.1, -0.05) is 37.3 Å². The Morgan fingerprint density at radius 1 is 1.42 bits per heavy atom. The Kier molecular flexibility index (Phi) is 5.34. The summed E-state index contributed by atoms with van der Waals surface area (Å²) in [5, 5.41) is 13.8. The Morgan fingerprint density at radius 3 is 2.74 bits per heavy atom. The van der Waals surface area contributed by atoms with Crippen molar-refractivity contribution < 1.29 is 9.84 Å². The lowest BCUT2D eigenvalue weighted by Gasteiger charge is -2.39. The van der Waals surface area contributed by atoms with E-state index in [1.807, 2.05) is 30.3 Å². The minimum absolute atomic E-state index is 0.0253. The summed E-state index contributed by atoms with van der Waals surface area (Å²) in [6, 6.07) is 9.84. The second-order valence-electron chi connectivity index (χ2n) is 4.96. The van der Waals surface area contributed by atoms with E-state index in [-0.39, 0.29) is 12.3 Å². The number of aliphatic hydroxyl groups excluding tert-OH is 1. The van der Waals surface area contributed by atoms with E-state index in [9.17, 15) is 5.11 Å². The molecule has 1 saturated heterocycles. The molecule has 2 rings (SSSR count). The fourth-order valence-electron chi connectivity index (χ4n) is 2.63. The van der Waals surface area contributed by atoms with Crippen LogP contribution in [0.25, 0.3) is 0 Å². The largest absolute Gasteiger partial charge is 0.387 e. The maximum absolute atomic E-state index is 10.5. The SMILES string of the molecule is CCN(C1CNCCO1)C(C)C(O)c1ccccc1. The van der Waals surface area contributed by atoms with Crippen molar-refractivity contribution in [1.29, 1.82) is 0 Å². The van der Waals surface area contributed by atoms with Crippen LogP contribution >= 0.6 is 0 Å². The van der Waals surface area contributed by atoms with E-state index >= 15 is 0 Å². The summed E-state index contributed by atoms with van der Waals surface area (Å²) in [6.07, 6.45) is -0.446. The summed E-state index contributed by atoms with van der Waals surface area (Å²) in [5.74, 6) is 0. The van der Waals surface area contributed by atoms with Crippen molar-refractivity contribution in [1.82, 2.24) is 10.2 Å². The highest BCUT2D eigenvalue weighted by molar-refractivity contribution is 5.18. The number of morpholine rings is 1. The smallest absolute Gasteiger partial charge is 0.123 e. The molecule has 0 aliphatic carbocycles. The van der Waals surface area contributed by atoms with Gasteiger partial charge in [0.1, 0.15) is 6.23 Å². The lowest BCUT2D eigenvalue weighted by atomic mass is 10.0. The fraction of sp³-hybridized carbons (Fsp3) is 0.600. The quantitative estimate of drug-likeness (QED) is 0.843. The minimum Gasteiger partial charge on any atom is -0.387 e. The molecular weight excluding hydrogens is 240 g/mol. The molecule has 0 bridgehead atoms. The molecule has 1 fully saturated rings. The van der Waals surface area contributed by atoms with Crippen molar-refractivity contribution in [3.05, 3.63) is 35.9 Å². The van der Waals surface area contributed by atoms with Crippen LogP contribution in [0.5, 0.6) is 0 Å². The molecule has 1 aromatic carbocycles. The van der Waals surface area contributed by atoms with Crippen molar-refractivity contribution in [3.8, 4) is 0 Å². The number of hydrogen-bond donors (Lipinski definition) is 2. The lowest BCUT2D eigenvalue weighted by molar-refractivity contribution is -0.107. The molecular formula is C15H24N2O2. The van der Waals surface area contributed by atoms with Gasteiger partial charge in [0, 0.05) is 19.1 Å². The molecule has 0 amide bonds. The van der Waals surface area contributed by atoms with Crippen LogP contribution in [0.15, 0.2) is 30.3 Å². The Hall–Kier alpha value is -0.940. The predicted molar refractivity (Wildman–Crippen MR) is 75.9 cm³/mol. The highest BCUT2D eigenvalue weighted by atomic mass is 16.5. The normalized spacial score (nSPS) is 23.3. The van der Waals surface area contributed by atoms with Gasteiger partial charge >= 0.3 is 0 Å². The van der Waals surface area contributed by atoms with E-state index in [0.717, 1.165) is 31.8 Å². The summed E-state index contributed by atoms with van der Waals surface area (Å²) in [6.45, 7) is 7.47. The van der Waals surface area contributed by atoms with E-state index in [2.05, 4.69) is 24.1 Å². The molecule has 1 aromatic rings. The first-order valence-electron chi connectivity index (χ1n) is 7.05. The number of likely N-dealkylation sites (N-methyl/N-ethyl adjacent to an activating group) is 1. The first-order chi connectivity index (χ1) is 9.24. The summed E-state index contributed by atoms with van der Waals surface area (Å²) in [4.78, 5) is 2.21.